The summed E-state index contributed by atoms with van der Waals surface area (Å²) in [6.07, 6.45) is 0. The molecule has 2 aromatic rings. The van der Waals surface area contributed by atoms with E-state index in [2.05, 4.69) is 9.98 Å². The van der Waals surface area contributed by atoms with Gasteiger partial charge in [-0.15, -0.1) is 0 Å². The van der Waals surface area contributed by atoms with Gasteiger partial charge in [0.2, 0.25) is 0 Å². The van der Waals surface area contributed by atoms with Gasteiger partial charge < -0.3 is 0 Å². The standard InChI is InChI=1S/C24H6F4N6/c25-11-1-13-17(9(5-29)6-30)21-23(19(13)15(27)3-11)34-22-18(10(7-31)8-32)14-2-12(26)4-16(28)20(14)24(22)33-21/h1-4,21,23H. The highest BCUT2D eigenvalue weighted by Crippen LogP contribution is 2.51. The number of rotatable bonds is 0. The summed E-state index contributed by atoms with van der Waals surface area (Å²) in [4.78, 5) is 8.89. The number of halogens is 4. The van der Waals surface area contributed by atoms with Crippen LogP contribution in [0.1, 0.15) is 28.3 Å². The van der Waals surface area contributed by atoms with Crippen LogP contribution in [0.2, 0.25) is 0 Å². The van der Waals surface area contributed by atoms with Crippen molar-refractivity contribution in [3.63, 3.8) is 0 Å². The van der Waals surface area contributed by atoms with E-state index in [4.69, 9.17) is 0 Å². The molecule has 0 N–H and O–H groups in total. The molecule has 3 aliphatic rings. The lowest BCUT2D eigenvalue weighted by Gasteiger charge is -2.21. The van der Waals surface area contributed by atoms with Crippen LogP contribution in [-0.2, 0) is 0 Å². The van der Waals surface area contributed by atoms with Crippen LogP contribution in [0.25, 0.3) is 11.1 Å². The second-order valence-corrected chi connectivity index (χ2v) is 7.49. The van der Waals surface area contributed by atoms with Gasteiger partial charge in [0, 0.05) is 40.0 Å². The zero-order chi connectivity index (χ0) is 24.3. The maximum absolute atomic E-state index is 14.9. The molecule has 160 valence electrons. The molecule has 0 bridgehead atoms. The van der Waals surface area contributed by atoms with Crippen molar-refractivity contribution in [1.29, 1.82) is 21.0 Å². The van der Waals surface area contributed by atoms with Crippen molar-refractivity contribution in [2.24, 2.45) is 9.98 Å². The van der Waals surface area contributed by atoms with E-state index >= 15 is 0 Å². The fraction of sp³-hybridized carbons (Fsp3) is 0.0833. The summed E-state index contributed by atoms with van der Waals surface area (Å²) >= 11 is 0. The quantitative estimate of drug-likeness (QED) is 0.437. The Bertz CT molecular complexity index is 1620. The molecule has 2 atom stereocenters. The Morgan fingerprint density at radius 1 is 0.676 bits per heavy atom. The summed E-state index contributed by atoms with van der Waals surface area (Å²) in [5.74, 6) is -3.96. The zero-order valence-electron chi connectivity index (χ0n) is 16.7. The van der Waals surface area contributed by atoms with E-state index in [1.54, 1.807) is 24.3 Å². The van der Waals surface area contributed by atoms with Gasteiger partial charge in [-0.1, -0.05) is 0 Å². The van der Waals surface area contributed by atoms with E-state index in [-0.39, 0.29) is 44.8 Å². The third-order valence-electron chi connectivity index (χ3n) is 5.80. The normalized spacial score (nSPS) is 18.7. The molecule has 0 aromatic heterocycles. The molecule has 0 radical (unpaired) electrons. The molecule has 10 heteroatoms. The van der Waals surface area contributed by atoms with Gasteiger partial charge in [0.1, 0.15) is 70.8 Å². The van der Waals surface area contributed by atoms with Crippen molar-refractivity contribution < 1.29 is 17.6 Å². The summed E-state index contributed by atoms with van der Waals surface area (Å²) in [5.41, 5.74) is -2.05. The minimum Gasteiger partial charge on any atom is -0.272 e. The molecule has 0 saturated heterocycles. The lowest BCUT2D eigenvalue weighted by molar-refractivity contribution is 0.554. The minimum absolute atomic E-state index is 0.0783. The molecule has 2 aliphatic carbocycles. The number of hydrogen-bond acceptors (Lipinski definition) is 6. The Kier molecular flexibility index (Phi) is 4.43. The molecule has 5 rings (SSSR count). The van der Waals surface area contributed by atoms with Crippen molar-refractivity contribution in [2.45, 2.75) is 12.1 Å². The fourth-order valence-electron chi connectivity index (χ4n) is 4.58. The summed E-state index contributed by atoms with van der Waals surface area (Å²) in [7, 11) is 0. The van der Waals surface area contributed by atoms with Crippen LogP contribution in [0, 0.1) is 68.6 Å². The molecular weight excluding hydrogens is 448 g/mol. The van der Waals surface area contributed by atoms with Crippen LogP contribution < -0.4 is 0 Å². The second kappa shape index (κ2) is 7.24. The lowest BCUT2D eigenvalue weighted by Crippen LogP contribution is -2.25. The zero-order valence-corrected chi connectivity index (χ0v) is 16.7. The summed E-state index contributed by atoms with van der Waals surface area (Å²) < 4.78 is 57.9. The predicted molar refractivity (Wildman–Crippen MR) is 110 cm³/mol. The molecule has 0 fully saturated rings. The molecule has 0 spiro atoms. The Hall–Kier alpha value is -5.06. The largest absolute Gasteiger partial charge is 0.272 e. The third-order valence-corrected chi connectivity index (χ3v) is 5.80. The second-order valence-electron chi connectivity index (χ2n) is 7.49. The topological polar surface area (TPSA) is 120 Å². The Morgan fingerprint density at radius 2 is 1.24 bits per heavy atom. The highest BCUT2D eigenvalue weighted by molar-refractivity contribution is 6.67. The summed E-state index contributed by atoms with van der Waals surface area (Å²) in [6, 6.07) is 7.41. The smallest absolute Gasteiger partial charge is 0.139 e. The first kappa shape index (κ1) is 20.8. The van der Waals surface area contributed by atoms with E-state index in [1.807, 2.05) is 0 Å². The van der Waals surface area contributed by atoms with Crippen molar-refractivity contribution in [3.05, 3.63) is 80.9 Å². The maximum Gasteiger partial charge on any atom is 0.139 e. The van der Waals surface area contributed by atoms with E-state index < -0.39 is 46.5 Å². The number of nitrogens with zero attached hydrogens (tertiary/aromatic N) is 6. The highest BCUT2D eigenvalue weighted by atomic mass is 19.1. The summed E-state index contributed by atoms with van der Waals surface area (Å²) in [5, 5.41) is 37.8. The van der Waals surface area contributed by atoms with Gasteiger partial charge >= 0.3 is 0 Å². The molecule has 1 aliphatic heterocycles. The first-order valence-electron chi connectivity index (χ1n) is 9.58. The van der Waals surface area contributed by atoms with E-state index in [0.717, 1.165) is 12.1 Å². The van der Waals surface area contributed by atoms with Crippen molar-refractivity contribution in [1.82, 2.24) is 0 Å². The molecule has 2 unspecified atom stereocenters. The fourth-order valence-corrected chi connectivity index (χ4v) is 4.58. The third kappa shape index (κ3) is 2.64. The predicted octanol–water partition coefficient (Wildman–Crippen LogP) is 4.23. The number of fused-ring (bicyclic) bond motifs is 6. The molecule has 1 heterocycles. The van der Waals surface area contributed by atoms with E-state index in [0.29, 0.717) is 12.1 Å². The summed E-state index contributed by atoms with van der Waals surface area (Å²) in [6.45, 7) is 0. The molecule has 0 saturated carbocycles. The maximum atomic E-state index is 14.9. The Morgan fingerprint density at radius 3 is 1.85 bits per heavy atom. The Balaban J connectivity index is 1.90. The molecule has 0 amide bonds. The highest BCUT2D eigenvalue weighted by Gasteiger charge is 2.47. The number of hydrogen-bond donors (Lipinski definition) is 0. The van der Waals surface area contributed by atoms with Crippen LogP contribution >= 0.6 is 0 Å². The van der Waals surface area contributed by atoms with Crippen LogP contribution in [0.3, 0.4) is 0 Å². The average Bonchev–Trinajstić information content (AvgIpc) is 3.27. The van der Waals surface area contributed by atoms with Crippen LogP contribution in [0.4, 0.5) is 17.6 Å². The van der Waals surface area contributed by atoms with Crippen LogP contribution in [0.5, 0.6) is 0 Å². The SMILES string of the molecule is N#CC(C#N)=C1C2=NC3c4c(F)cc(F)cc4C(=C(C#N)C#N)C3N=C2c2c(F)cc(F)cc21. The van der Waals surface area contributed by atoms with Gasteiger partial charge in [-0.2, -0.15) is 21.0 Å². The van der Waals surface area contributed by atoms with Gasteiger partial charge in [0.25, 0.3) is 0 Å². The van der Waals surface area contributed by atoms with E-state index in [9.17, 15) is 38.6 Å². The molecule has 6 nitrogen and oxygen atoms in total. The van der Waals surface area contributed by atoms with E-state index in [1.165, 1.54) is 0 Å². The molecular formula is C24H6F4N6. The number of benzene rings is 2. The van der Waals surface area contributed by atoms with Gasteiger partial charge in [0.05, 0.1) is 11.4 Å². The van der Waals surface area contributed by atoms with Crippen molar-refractivity contribution in [2.75, 3.05) is 0 Å². The molecule has 34 heavy (non-hydrogen) atoms. The monoisotopic (exact) mass is 454 g/mol. The van der Waals surface area contributed by atoms with Crippen molar-refractivity contribution >= 4 is 22.6 Å². The lowest BCUT2D eigenvalue weighted by atomic mass is 9.97. The van der Waals surface area contributed by atoms with Crippen LogP contribution in [-0.4, -0.2) is 17.5 Å². The number of nitriles is 4. The van der Waals surface area contributed by atoms with Gasteiger partial charge in [0.15, 0.2) is 0 Å². The first-order valence-corrected chi connectivity index (χ1v) is 9.58. The first-order chi connectivity index (χ1) is 16.3. The minimum atomic E-state index is -1.20. The number of aliphatic imine (C=N–C) groups is 2. The average molecular weight is 454 g/mol. The number of allylic oxidation sites excluding steroid dienone is 3. The van der Waals surface area contributed by atoms with Gasteiger partial charge in [-0.3, -0.25) is 9.98 Å². The molecule has 2 aromatic carbocycles. The van der Waals surface area contributed by atoms with Crippen molar-refractivity contribution in [3.8, 4) is 24.3 Å². The Labute approximate surface area is 188 Å². The van der Waals surface area contributed by atoms with Gasteiger partial charge in [-0.25, -0.2) is 17.6 Å². The van der Waals surface area contributed by atoms with Crippen LogP contribution in [0.15, 0.2) is 45.4 Å². The van der Waals surface area contributed by atoms with Gasteiger partial charge in [-0.05, 0) is 17.7 Å².